The summed E-state index contributed by atoms with van der Waals surface area (Å²) in [6, 6.07) is 5.19. The molecule has 1 unspecified atom stereocenters. The molecule has 0 saturated carbocycles. The minimum atomic E-state index is -0.962. The van der Waals surface area contributed by atoms with Crippen LogP contribution in [0.1, 0.15) is 24.2 Å². The van der Waals surface area contributed by atoms with E-state index in [0.717, 1.165) is 5.56 Å². The first-order valence-electron chi connectivity index (χ1n) is 4.20. The maximum absolute atomic E-state index is 12.9. The van der Waals surface area contributed by atoms with Crippen LogP contribution in [0.2, 0.25) is 0 Å². The number of benzene rings is 1. The van der Waals surface area contributed by atoms with E-state index in [2.05, 4.69) is 0 Å². The van der Waals surface area contributed by atoms with Crippen LogP contribution < -0.4 is 10.5 Å². The molecule has 0 aliphatic heterocycles. The summed E-state index contributed by atoms with van der Waals surface area (Å²) < 4.78 is 18.0. The highest BCUT2D eigenvalue weighted by atomic mass is 19.1. The summed E-state index contributed by atoms with van der Waals surface area (Å²) in [6.45, 7) is 1.87. The Balaban J connectivity index is 3.05. The highest BCUT2D eigenvalue weighted by molar-refractivity contribution is 5.37. The topological polar surface area (TPSA) is 35.2 Å². The van der Waals surface area contributed by atoms with Crippen LogP contribution >= 0.6 is 0 Å². The van der Waals surface area contributed by atoms with Crippen molar-refractivity contribution in [1.82, 2.24) is 0 Å². The van der Waals surface area contributed by atoms with Crippen LogP contribution in [-0.4, -0.2) is 7.11 Å². The minimum absolute atomic E-state index is 0.365. The van der Waals surface area contributed by atoms with Gasteiger partial charge >= 0.3 is 0 Å². The molecular weight excluding hydrogens is 169 g/mol. The van der Waals surface area contributed by atoms with Crippen molar-refractivity contribution >= 4 is 0 Å². The SMILES string of the molecule is COc1ccc(C(C)F)cc1CN. The van der Waals surface area contributed by atoms with Gasteiger partial charge in [-0.3, -0.25) is 0 Å². The number of hydrogen-bond donors (Lipinski definition) is 1. The zero-order chi connectivity index (χ0) is 9.84. The maximum Gasteiger partial charge on any atom is 0.123 e. The highest BCUT2D eigenvalue weighted by Crippen LogP contribution is 2.24. The molecule has 0 heterocycles. The summed E-state index contributed by atoms with van der Waals surface area (Å²) in [7, 11) is 1.58. The molecular formula is C10H14FNO. The number of hydrogen-bond acceptors (Lipinski definition) is 2. The fourth-order valence-electron chi connectivity index (χ4n) is 1.21. The first kappa shape index (κ1) is 9.99. The Morgan fingerprint density at radius 1 is 1.54 bits per heavy atom. The number of methoxy groups -OCH3 is 1. The molecule has 0 aliphatic rings. The van der Waals surface area contributed by atoms with Crippen LogP contribution in [0.3, 0.4) is 0 Å². The van der Waals surface area contributed by atoms with Crippen molar-refractivity contribution in [3.8, 4) is 5.75 Å². The van der Waals surface area contributed by atoms with E-state index in [0.29, 0.717) is 17.9 Å². The quantitative estimate of drug-likeness (QED) is 0.779. The molecule has 1 atom stereocenters. The normalized spacial score (nSPS) is 12.6. The fraction of sp³-hybridized carbons (Fsp3) is 0.400. The lowest BCUT2D eigenvalue weighted by atomic mass is 10.1. The van der Waals surface area contributed by atoms with E-state index in [1.165, 1.54) is 6.92 Å². The van der Waals surface area contributed by atoms with Crippen LogP contribution in [0.25, 0.3) is 0 Å². The van der Waals surface area contributed by atoms with Crippen LogP contribution in [0, 0.1) is 0 Å². The van der Waals surface area contributed by atoms with E-state index in [-0.39, 0.29) is 0 Å². The van der Waals surface area contributed by atoms with Crippen molar-refractivity contribution in [1.29, 1.82) is 0 Å². The van der Waals surface area contributed by atoms with E-state index in [1.807, 2.05) is 0 Å². The number of rotatable bonds is 3. The molecule has 1 rings (SSSR count). The van der Waals surface area contributed by atoms with Gasteiger partial charge in [0.15, 0.2) is 0 Å². The molecule has 2 nitrogen and oxygen atoms in total. The lowest BCUT2D eigenvalue weighted by molar-refractivity contribution is 0.372. The molecule has 1 aromatic carbocycles. The molecule has 1 aromatic rings. The molecule has 0 bridgehead atoms. The third-order valence-corrected chi connectivity index (χ3v) is 1.98. The van der Waals surface area contributed by atoms with Gasteiger partial charge in [0.1, 0.15) is 11.9 Å². The lowest BCUT2D eigenvalue weighted by Crippen LogP contribution is -2.01. The Morgan fingerprint density at radius 3 is 2.69 bits per heavy atom. The first-order chi connectivity index (χ1) is 6.19. The minimum Gasteiger partial charge on any atom is -0.496 e. The maximum atomic E-state index is 12.9. The average Bonchev–Trinajstić information content (AvgIpc) is 2.16. The smallest absolute Gasteiger partial charge is 0.123 e. The number of halogens is 1. The lowest BCUT2D eigenvalue weighted by Gasteiger charge is -2.09. The van der Waals surface area contributed by atoms with Crippen molar-refractivity contribution in [2.24, 2.45) is 5.73 Å². The Bertz CT molecular complexity index is 286. The molecule has 0 spiro atoms. The van der Waals surface area contributed by atoms with Crippen LogP contribution in [0.15, 0.2) is 18.2 Å². The van der Waals surface area contributed by atoms with Gasteiger partial charge < -0.3 is 10.5 Å². The number of ether oxygens (including phenoxy) is 1. The Morgan fingerprint density at radius 2 is 2.23 bits per heavy atom. The molecule has 2 N–H and O–H groups in total. The standard InChI is InChI=1S/C10H14FNO/c1-7(11)8-3-4-10(13-2)9(5-8)6-12/h3-5,7H,6,12H2,1-2H3. The third kappa shape index (κ3) is 2.18. The second-order valence-corrected chi connectivity index (χ2v) is 2.89. The predicted molar refractivity (Wildman–Crippen MR) is 50.4 cm³/mol. The van der Waals surface area contributed by atoms with Crippen molar-refractivity contribution < 1.29 is 9.13 Å². The van der Waals surface area contributed by atoms with E-state index < -0.39 is 6.17 Å². The Labute approximate surface area is 77.5 Å². The summed E-state index contributed by atoms with van der Waals surface area (Å²) in [6.07, 6.45) is -0.962. The largest absolute Gasteiger partial charge is 0.496 e. The Hall–Kier alpha value is -1.09. The third-order valence-electron chi connectivity index (χ3n) is 1.98. The van der Waals surface area contributed by atoms with Gasteiger partial charge in [-0.2, -0.15) is 0 Å². The van der Waals surface area contributed by atoms with E-state index in [9.17, 15) is 4.39 Å². The molecule has 0 aromatic heterocycles. The number of nitrogens with two attached hydrogens (primary N) is 1. The molecule has 3 heteroatoms. The molecule has 13 heavy (non-hydrogen) atoms. The summed E-state index contributed by atoms with van der Waals surface area (Å²) in [5, 5.41) is 0. The van der Waals surface area contributed by atoms with Crippen molar-refractivity contribution in [2.75, 3.05) is 7.11 Å². The van der Waals surface area contributed by atoms with Crippen molar-refractivity contribution in [3.63, 3.8) is 0 Å². The molecule has 0 radical (unpaired) electrons. The van der Waals surface area contributed by atoms with E-state index >= 15 is 0 Å². The molecule has 0 aliphatic carbocycles. The molecule has 0 saturated heterocycles. The van der Waals surface area contributed by atoms with Crippen LogP contribution in [-0.2, 0) is 6.54 Å². The van der Waals surface area contributed by atoms with Gasteiger partial charge in [0, 0.05) is 12.1 Å². The molecule has 0 amide bonds. The van der Waals surface area contributed by atoms with Gasteiger partial charge in [-0.1, -0.05) is 6.07 Å². The van der Waals surface area contributed by atoms with Gasteiger partial charge in [-0.05, 0) is 24.6 Å². The summed E-state index contributed by atoms with van der Waals surface area (Å²) >= 11 is 0. The van der Waals surface area contributed by atoms with E-state index in [4.69, 9.17) is 10.5 Å². The second-order valence-electron chi connectivity index (χ2n) is 2.89. The predicted octanol–water partition coefficient (Wildman–Crippen LogP) is 2.18. The summed E-state index contributed by atoms with van der Waals surface area (Å²) in [4.78, 5) is 0. The van der Waals surface area contributed by atoms with Crippen LogP contribution in [0.5, 0.6) is 5.75 Å². The van der Waals surface area contributed by atoms with Gasteiger partial charge in [0.05, 0.1) is 7.11 Å². The molecule has 72 valence electrons. The summed E-state index contributed by atoms with van der Waals surface area (Å²) in [5.41, 5.74) is 6.97. The van der Waals surface area contributed by atoms with E-state index in [1.54, 1.807) is 25.3 Å². The van der Waals surface area contributed by atoms with Gasteiger partial charge in [0.2, 0.25) is 0 Å². The van der Waals surface area contributed by atoms with Gasteiger partial charge in [-0.25, -0.2) is 4.39 Å². The molecule has 0 fully saturated rings. The van der Waals surface area contributed by atoms with Crippen LogP contribution in [0.4, 0.5) is 4.39 Å². The van der Waals surface area contributed by atoms with Gasteiger partial charge in [0.25, 0.3) is 0 Å². The Kier molecular flexibility index (Phi) is 3.25. The summed E-state index contributed by atoms with van der Waals surface area (Å²) in [5.74, 6) is 0.715. The van der Waals surface area contributed by atoms with Crippen molar-refractivity contribution in [3.05, 3.63) is 29.3 Å². The second kappa shape index (κ2) is 4.23. The van der Waals surface area contributed by atoms with Crippen molar-refractivity contribution in [2.45, 2.75) is 19.6 Å². The zero-order valence-corrected chi connectivity index (χ0v) is 7.88. The first-order valence-corrected chi connectivity index (χ1v) is 4.20. The van der Waals surface area contributed by atoms with Gasteiger partial charge in [-0.15, -0.1) is 0 Å². The fourth-order valence-corrected chi connectivity index (χ4v) is 1.21. The average molecular weight is 183 g/mol. The highest BCUT2D eigenvalue weighted by Gasteiger charge is 2.06. The zero-order valence-electron chi connectivity index (χ0n) is 7.88. The monoisotopic (exact) mass is 183 g/mol. The number of alkyl halides is 1.